The van der Waals surface area contributed by atoms with E-state index in [9.17, 15) is 4.79 Å². The van der Waals surface area contributed by atoms with Crippen LogP contribution in [0, 0.1) is 0 Å². The van der Waals surface area contributed by atoms with Gasteiger partial charge >= 0.3 is 0 Å². The molecule has 1 amide bonds. The van der Waals surface area contributed by atoms with E-state index in [0.717, 1.165) is 6.54 Å². The summed E-state index contributed by atoms with van der Waals surface area (Å²) in [5.41, 5.74) is 3.13. The summed E-state index contributed by atoms with van der Waals surface area (Å²) in [6.07, 6.45) is 5.78. The van der Waals surface area contributed by atoms with Crippen LogP contribution in [0.1, 0.15) is 34.3 Å². The van der Waals surface area contributed by atoms with Crippen LogP contribution in [-0.2, 0) is 13.1 Å². The highest BCUT2D eigenvalue weighted by molar-refractivity contribution is 5.93. The quantitative estimate of drug-likeness (QED) is 0.921. The molecule has 0 radical (unpaired) electrons. The van der Waals surface area contributed by atoms with Gasteiger partial charge in [-0.25, -0.2) is 0 Å². The van der Waals surface area contributed by atoms with Gasteiger partial charge in [0, 0.05) is 26.3 Å². The lowest BCUT2D eigenvalue weighted by molar-refractivity contribution is 0.0784. The topological polar surface area (TPSA) is 52.2 Å². The Bertz CT molecular complexity index is 617. The Kier molecular flexibility index (Phi) is 4.53. The number of aromatic nitrogens is 2. The second-order valence-corrected chi connectivity index (χ2v) is 5.90. The third-order valence-corrected chi connectivity index (χ3v) is 4.21. The van der Waals surface area contributed by atoms with Gasteiger partial charge in [-0.2, -0.15) is 5.10 Å². The van der Waals surface area contributed by atoms with Crippen LogP contribution < -0.4 is 0 Å². The summed E-state index contributed by atoms with van der Waals surface area (Å²) in [4.78, 5) is 16.5. The molecule has 116 valence electrons. The molecule has 0 unspecified atom stereocenters. The second kappa shape index (κ2) is 6.75. The van der Waals surface area contributed by atoms with Gasteiger partial charge in [0.05, 0.1) is 11.8 Å². The number of carbonyl (C=O) groups is 1. The molecule has 5 nitrogen and oxygen atoms in total. The van der Waals surface area contributed by atoms with Gasteiger partial charge in [-0.3, -0.25) is 14.8 Å². The molecule has 0 atom stereocenters. The van der Waals surface area contributed by atoms with Gasteiger partial charge < -0.3 is 4.90 Å². The van der Waals surface area contributed by atoms with Crippen molar-refractivity contribution in [2.75, 3.05) is 20.1 Å². The van der Waals surface area contributed by atoms with Gasteiger partial charge in [0.1, 0.15) is 0 Å². The molecule has 5 heteroatoms. The van der Waals surface area contributed by atoms with Crippen LogP contribution in [0.4, 0.5) is 0 Å². The highest BCUT2D eigenvalue weighted by atomic mass is 16.2. The van der Waals surface area contributed by atoms with Crippen LogP contribution in [0.25, 0.3) is 0 Å². The zero-order chi connectivity index (χ0) is 15.4. The van der Waals surface area contributed by atoms with Gasteiger partial charge in [-0.05, 0) is 37.1 Å². The minimum Gasteiger partial charge on any atom is -0.337 e. The molecular formula is C17H22N4O. The van der Waals surface area contributed by atoms with E-state index in [4.69, 9.17) is 0 Å². The normalized spacial score (nSPS) is 15.1. The smallest absolute Gasteiger partial charge is 0.257 e. The fourth-order valence-electron chi connectivity index (χ4n) is 2.96. The number of carbonyl (C=O) groups excluding carboxylic acids is 1. The zero-order valence-electron chi connectivity index (χ0n) is 13.0. The van der Waals surface area contributed by atoms with Crippen LogP contribution >= 0.6 is 0 Å². The third-order valence-electron chi connectivity index (χ3n) is 4.21. The first kappa shape index (κ1) is 14.8. The van der Waals surface area contributed by atoms with Crippen LogP contribution in [0.2, 0.25) is 0 Å². The Labute approximate surface area is 130 Å². The second-order valence-electron chi connectivity index (χ2n) is 5.90. The molecule has 0 aliphatic carbocycles. The van der Waals surface area contributed by atoms with E-state index in [1.165, 1.54) is 37.1 Å². The maximum atomic E-state index is 12.3. The van der Waals surface area contributed by atoms with Crippen molar-refractivity contribution in [2.45, 2.75) is 25.9 Å². The minimum atomic E-state index is -0.00951. The molecule has 22 heavy (non-hydrogen) atoms. The molecule has 1 aliphatic heterocycles. The monoisotopic (exact) mass is 298 g/mol. The van der Waals surface area contributed by atoms with Gasteiger partial charge in [0.25, 0.3) is 5.91 Å². The van der Waals surface area contributed by atoms with Crippen molar-refractivity contribution in [3.8, 4) is 0 Å². The number of hydrogen-bond acceptors (Lipinski definition) is 3. The molecule has 2 aromatic rings. The van der Waals surface area contributed by atoms with E-state index in [2.05, 4.69) is 33.3 Å². The van der Waals surface area contributed by atoms with Crippen molar-refractivity contribution < 1.29 is 4.79 Å². The van der Waals surface area contributed by atoms with Crippen molar-refractivity contribution in [3.63, 3.8) is 0 Å². The standard InChI is InChI=1S/C17H22N4O/c1-20(17(22)16-10-18-19-11-16)12-14-6-2-3-7-15(14)13-21-8-4-5-9-21/h2-3,6-7,10-11H,4-5,8-9,12-13H2,1H3,(H,18,19). The summed E-state index contributed by atoms with van der Waals surface area (Å²) in [7, 11) is 1.84. The van der Waals surface area contributed by atoms with Crippen LogP contribution in [0.15, 0.2) is 36.7 Å². The van der Waals surface area contributed by atoms with Gasteiger partial charge in [-0.15, -0.1) is 0 Å². The number of hydrogen-bond donors (Lipinski definition) is 1. The maximum Gasteiger partial charge on any atom is 0.257 e. The number of nitrogens with one attached hydrogen (secondary N) is 1. The summed E-state index contributed by atoms with van der Waals surface area (Å²) >= 11 is 0. The largest absolute Gasteiger partial charge is 0.337 e. The lowest BCUT2D eigenvalue weighted by Crippen LogP contribution is -2.27. The molecule has 0 spiro atoms. The number of aromatic amines is 1. The molecular weight excluding hydrogens is 276 g/mol. The molecule has 2 heterocycles. The highest BCUT2D eigenvalue weighted by Gasteiger charge is 2.17. The fraction of sp³-hybridized carbons (Fsp3) is 0.412. The number of likely N-dealkylation sites (tertiary alicyclic amines) is 1. The SMILES string of the molecule is CN(Cc1ccccc1CN1CCCC1)C(=O)c1cn[nH]c1. The Hall–Kier alpha value is -2.14. The first-order valence-corrected chi connectivity index (χ1v) is 7.77. The molecule has 3 rings (SSSR count). The van der Waals surface area contributed by atoms with Crippen LogP contribution in [0.5, 0.6) is 0 Å². The summed E-state index contributed by atoms with van der Waals surface area (Å²) in [5, 5.41) is 6.52. The number of nitrogens with zero attached hydrogens (tertiary/aromatic N) is 3. The summed E-state index contributed by atoms with van der Waals surface area (Å²) < 4.78 is 0. The number of benzene rings is 1. The average molecular weight is 298 g/mol. The number of rotatable bonds is 5. The Morgan fingerprint density at radius 3 is 2.68 bits per heavy atom. The molecule has 1 aromatic carbocycles. The summed E-state index contributed by atoms with van der Waals surface area (Å²) in [5.74, 6) is -0.00951. The molecule has 1 aromatic heterocycles. The van der Waals surface area contributed by atoms with E-state index in [0.29, 0.717) is 12.1 Å². The van der Waals surface area contributed by atoms with Crippen molar-refractivity contribution in [1.82, 2.24) is 20.0 Å². The zero-order valence-corrected chi connectivity index (χ0v) is 13.0. The van der Waals surface area contributed by atoms with Gasteiger partial charge in [-0.1, -0.05) is 24.3 Å². The van der Waals surface area contributed by atoms with Gasteiger partial charge in [0.15, 0.2) is 0 Å². The lowest BCUT2D eigenvalue weighted by Gasteiger charge is -2.21. The predicted molar refractivity (Wildman–Crippen MR) is 85.3 cm³/mol. The van der Waals surface area contributed by atoms with E-state index in [-0.39, 0.29) is 5.91 Å². The van der Waals surface area contributed by atoms with E-state index in [1.807, 2.05) is 13.1 Å². The highest BCUT2D eigenvalue weighted by Crippen LogP contribution is 2.18. The average Bonchev–Trinajstić information content (AvgIpc) is 3.21. The first-order chi connectivity index (χ1) is 10.7. The Morgan fingerprint density at radius 2 is 2.00 bits per heavy atom. The molecule has 1 N–H and O–H groups in total. The van der Waals surface area contributed by atoms with Crippen molar-refractivity contribution in [3.05, 3.63) is 53.3 Å². The molecule has 0 bridgehead atoms. The van der Waals surface area contributed by atoms with Crippen molar-refractivity contribution in [2.24, 2.45) is 0 Å². The first-order valence-electron chi connectivity index (χ1n) is 7.77. The summed E-state index contributed by atoms with van der Waals surface area (Å²) in [6.45, 7) is 3.95. The third kappa shape index (κ3) is 3.36. The molecule has 1 saturated heterocycles. The van der Waals surface area contributed by atoms with Crippen molar-refractivity contribution >= 4 is 5.91 Å². The Balaban J connectivity index is 1.70. The predicted octanol–water partition coefficient (Wildman–Crippen LogP) is 2.28. The lowest BCUT2D eigenvalue weighted by atomic mass is 10.1. The maximum absolute atomic E-state index is 12.3. The van der Waals surface area contributed by atoms with E-state index in [1.54, 1.807) is 17.3 Å². The van der Waals surface area contributed by atoms with E-state index < -0.39 is 0 Å². The van der Waals surface area contributed by atoms with E-state index >= 15 is 0 Å². The number of amides is 1. The van der Waals surface area contributed by atoms with Crippen molar-refractivity contribution in [1.29, 1.82) is 0 Å². The molecule has 0 saturated carbocycles. The molecule has 1 fully saturated rings. The van der Waals surface area contributed by atoms with Gasteiger partial charge in [0.2, 0.25) is 0 Å². The summed E-state index contributed by atoms with van der Waals surface area (Å²) in [6, 6.07) is 8.40. The minimum absolute atomic E-state index is 0.00951. The molecule has 1 aliphatic rings. The van der Waals surface area contributed by atoms with Crippen LogP contribution in [0.3, 0.4) is 0 Å². The Morgan fingerprint density at radius 1 is 1.27 bits per heavy atom. The fourth-order valence-corrected chi connectivity index (χ4v) is 2.96. The number of H-pyrrole nitrogens is 1. The van der Waals surface area contributed by atoms with Crippen LogP contribution in [-0.4, -0.2) is 46.0 Å².